The summed E-state index contributed by atoms with van der Waals surface area (Å²) >= 11 is 0. The van der Waals surface area contributed by atoms with Gasteiger partial charge in [-0.25, -0.2) is 0 Å². The van der Waals surface area contributed by atoms with E-state index in [1.807, 2.05) is 53.7 Å². The second-order valence-electron chi connectivity index (χ2n) is 5.53. The molecule has 0 N–H and O–H groups in total. The number of rotatable bonds is 2. The Morgan fingerprint density at radius 2 is 1.71 bits per heavy atom. The zero-order valence-electron chi connectivity index (χ0n) is 11.5. The van der Waals surface area contributed by atoms with Gasteiger partial charge in [-0.1, -0.05) is 12.1 Å². The summed E-state index contributed by atoms with van der Waals surface area (Å²) in [5.41, 5.74) is 2.66. The van der Waals surface area contributed by atoms with Gasteiger partial charge in [-0.3, -0.25) is 4.79 Å². The second kappa shape index (κ2) is 4.91. The molecule has 0 bridgehead atoms. The number of hydrogen-bond acceptors (Lipinski definition) is 2. The normalized spacial score (nSPS) is 13.3. The summed E-state index contributed by atoms with van der Waals surface area (Å²) in [6, 6.07) is 7.18. The Kier molecular flexibility index (Phi) is 3.97. The van der Waals surface area contributed by atoms with Gasteiger partial charge in [-0.05, 0) is 64.3 Å². The van der Waals surface area contributed by atoms with E-state index in [1.165, 1.54) is 0 Å². The van der Waals surface area contributed by atoms with Gasteiger partial charge in [-0.15, -0.1) is 0 Å². The van der Waals surface area contributed by atoms with Gasteiger partial charge in [0.05, 0.1) is 5.92 Å². The molecule has 1 aromatic carbocycles. The molecule has 0 saturated heterocycles. The fourth-order valence-corrected chi connectivity index (χ4v) is 1.70. The van der Waals surface area contributed by atoms with Crippen LogP contribution in [-0.2, 0) is 9.53 Å². The molecule has 93 valence electrons. The van der Waals surface area contributed by atoms with Gasteiger partial charge < -0.3 is 4.74 Å². The molecule has 0 aliphatic rings. The molecule has 0 saturated carbocycles. The number of ether oxygens (including phenoxy) is 1. The second-order valence-corrected chi connectivity index (χ2v) is 5.53. The molecule has 1 unspecified atom stereocenters. The van der Waals surface area contributed by atoms with Crippen molar-refractivity contribution in [2.45, 2.75) is 53.1 Å². The number of carbonyl (C=O) groups is 1. The monoisotopic (exact) mass is 233 g/mol. The van der Waals surface area contributed by atoms with Gasteiger partial charge in [-0.2, -0.15) is 0 Å². The molecule has 1 aromatic rings. The van der Waals surface area contributed by atoms with Crippen LogP contribution in [0.1, 0.15) is 50.3 Å². The summed E-state index contributed by atoms with van der Waals surface area (Å²) in [4.78, 5) is 11.9. The Balaban J connectivity index is 2.89. The van der Waals surface area contributed by atoms with Crippen molar-refractivity contribution in [2.24, 2.45) is 0 Å². The highest BCUT2D eigenvalue weighted by atomic mass is 16.6. The van der Waals surface area contributed by atoms with Crippen molar-refractivity contribution in [1.29, 1.82) is 0 Å². The van der Waals surface area contributed by atoms with Crippen LogP contribution >= 0.6 is 0 Å². The summed E-state index contributed by atoms with van der Waals surface area (Å²) in [6.45, 7) is 11.5. The van der Waals surface area contributed by atoms with Crippen LogP contribution in [0.25, 0.3) is 0 Å². The van der Waals surface area contributed by atoms with Crippen LogP contribution in [0.4, 0.5) is 0 Å². The SMILES string of the molecule is Cc1[c]c(C)cc(C(C)C(=O)OC(C)(C)C)c1. The zero-order chi connectivity index (χ0) is 13.2. The van der Waals surface area contributed by atoms with Crippen LogP contribution in [0.2, 0.25) is 0 Å². The fourth-order valence-electron chi connectivity index (χ4n) is 1.70. The molecule has 1 rings (SSSR count). The van der Waals surface area contributed by atoms with E-state index in [9.17, 15) is 4.79 Å². The smallest absolute Gasteiger partial charge is 0.313 e. The maximum atomic E-state index is 11.9. The molecule has 0 aliphatic carbocycles. The highest BCUT2D eigenvalue weighted by Gasteiger charge is 2.23. The molecule has 0 amide bonds. The molecule has 2 heteroatoms. The van der Waals surface area contributed by atoms with E-state index >= 15 is 0 Å². The van der Waals surface area contributed by atoms with Gasteiger partial charge in [0.25, 0.3) is 0 Å². The van der Waals surface area contributed by atoms with E-state index in [0.29, 0.717) is 0 Å². The largest absolute Gasteiger partial charge is 0.460 e. The highest BCUT2D eigenvalue weighted by molar-refractivity contribution is 5.78. The van der Waals surface area contributed by atoms with Crippen molar-refractivity contribution in [3.63, 3.8) is 0 Å². The first kappa shape index (κ1) is 13.8. The Morgan fingerprint density at radius 1 is 1.24 bits per heavy atom. The summed E-state index contributed by atoms with van der Waals surface area (Å²) in [6.07, 6.45) is 0. The topological polar surface area (TPSA) is 26.3 Å². The van der Waals surface area contributed by atoms with Crippen molar-refractivity contribution in [2.75, 3.05) is 0 Å². The molecular formula is C15H21O2. The first-order valence-electron chi connectivity index (χ1n) is 5.92. The minimum absolute atomic E-state index is 0.178. The molecule has 2 nitrogen and oxygen atoms in total. The molecule has 17 heavy (non-hydrogen) atoms. The number of carbonyl (C=O) groups excluding carboxylic acids is 1. The van der Waals surface area contributed by atoms with Crippen LogP contribution in [0.5, 0.6) is 0 Å². The number of hydrogen-bond donors (Lipinski definition) is 0. The van der Waals surface area contributed by atoms with Crippen LogP contribution < -0.4 is 0 Å². The van der Waals surface area contributed by atoms with Crippen LogP contribution in [0.3, 0.4) is 0 Å². The Morgan fingerprint density at radius 3 is 2.12 bits per heavy atom. The highest BCUT2D eigenvalue weighted by Crippen LogP contribution is 2.22. The minimum atomic E-state index is -0.434. The van der Waals surface area contributed by atoms with Gasteiger partial charge in [0.2, 0.25) is 0 Å². The number of esters is 1. The maximum Gasteiger partial charge on any atom is 0.313 e. The minimum Gasteiger partial charge on any atom is -0.460 e. The molecule has 0 aliphatic heterocycles. The Hall–Kier alpha value is -1.31. The van der Waals surface area contributed by atoms with Crippen molar-refractivity contribution in [1.82, 2.24) is 0 Å². The predicted octanol–water partition coefficient (Wildman–Crippen LogP) is 3.55. The van der Waals surface area contributed by atoms with Crippen molar-refractivity contribution in [3.05, 3.63) is 34.9 Å². The number of aryl methyl sites for hydroxylation is 2. The lowest BCUT2D eigenvalue weighted by molar-refractivity contribution is -0.156. The summed E-state index contributed by atoms with van der Waals surface area (Å²) in [7, 11) is 0. The molecule has 0 fully saturated rings. The molecule has 0 aromatic heterocycles. The maximum absolute atomic E-state index is 11.9. The average molecular weight is 233 g/mol. The van der Waals surface area contributed by atoms with E-state index in [2.05, 4.69) is 6.07 Å². The van der Waals surface area contributed by atoms with Crippen molar-refractivity contribution < 1.29 is 9.53 Å². The van der Waals surface area contributed by atoms with E-state index in [0.717, 1.165) is 16.7 Å². The van der Waals surface area contributed by atoms with Crippen molar-refractivity contribution in [3.8, 4) is 0 Å². The zero-order valence-corrected chi connectivity index (χ0v) is 11.5. The third-order valence-corrected chi connectivity index (χ3v) is 2.42. The van der Waals surface area contributed by atoms with E-state index < -0.39 is 5.60 Å². The molecule has 1 atom stereocenters. The predicted molar refractivity (Wildman–Crippen MR) is 69.0 cm³/mol. The van der Waals surface area contributed by atoms with E-state index in [1.54, 1.807) is 0 Å². The Bertz CT molecular complexity index is 393. The van der Waals surface area contributed by atoms with Crippen LogP contribution in [-0.4, -0.2) is 11.6 Å². The van der Waals surface area contributed by atoms with Crippen LogP contribution in [0.15, 0.2) is 12.1 Å². The molecule has 1 radical (unpaired) electrons. The molecule has 0 spiro atoms. The van der Waals surface area contributed by atoms with Crippen molar-refractivity contribution >= 4 is 5.97 Å². The lowest BCUT2D eigenvalue weighted by Gasteiger charge is -2.22. The average Bonchev–Trinajstić information content (AvgIpc) is 2.12. The third kappa shape index (κ3) is 4.22. The van der Waals surface area contributed by atoms with Gasteiger partial charge in [0, 0.05) is 0 Å². The Labute approximate surface area is 104 Å². The lowest BCUT2D eigenvalue weighted by atomic mass is 9.97. The standard InChI is InChI=1S/C15H21O2/c1-10-7-11(2)9-13(8-10)12(3)14(16)17-15(4,5)6/h8-9,12H,1-6H3. The third-order valence-electron chi connectivity index (χ3n) is 2.42. The molecular weight excluding hydrogens is 212 g/mol. The summed E-state index contributed by atoms with van der Waals surface area (Å²) in [5, 5.41) is 0. The fraction of sp³-hybridized carbons (Fsp3) is 0.533. The van der Waals surface area contributed by atoms with Crippen LogP contribution in [0, 0.1) is 19.9 Å². The van der Waals surface area contributed by atoms with E-state index in [4.69, 9.17) is 4.74 Å². The molecule has 0 heterocycles. The quantitative estimate of drug-likeness (QED) is 0.730. The van der Waals surface area contributed by atoms with E-state index in [-0.39, 0.29) is 11.9 Å². The summed E-state index contributed by atoms with van der Waals surface area (Å²) in [5.74, 6) is -0.413. The van der Waals surface area contributed by atoms with Gasteiger partial charge in [0.1, 0.15) is 5.60 Å². The first-order chi connectivity index (χ1) is 7.69. The first-order valence-corrected chi connectivity index (χ1v) is 5.92. The van der Waals surface area contributed by atoms with Gasteiger partial charge in [0.15, 0.2) is 0 Å². The van der Waals surface area contributed by atoms with Gasteiger partial charge >= 0.3 is 5.97 Å². The number of benzene rings is 1. The lowest BCUT2D eigenvalue weighted by Crippen LogP contribution is -2.26. The summed E-state index contributed by atoms with van der Waals surface area (Å²) < 4.78 is 5.38.